The summed E-state index contributed by atoms with van der Waals surface area (Å²) < 4.78 is 0. The number of nitrogens with zero attached hydrogens (tertiary/aromatic N) is 2. The van der Waals surface area contributed by atoms with Crippen LogP contribution in [0.25, 0.3) is 0 Å². The largest absolute Gasteiger partial charge is 0.418 e. The Hall–Kier alpha value is -0.636. The normalized spacial score (nSPS) is 10.7. The molecule has 1 atom stereocenters. The number of aliphatic hydroxyl groups is 1. The molecule has 1 radical (unpaired) electrons. The minimum absolute atomic E-state index is 0. The minimum atomic E-state index is -1.08. The van der Waals surface area contributed by atoms with Gasteiger partial charge in [0.15, 0.2) is 0 Å². The van der Waals surface area contributed by atoms with Crippen LogP contribution in [0.3, 0.4) is 0 Å². The standard InChI is InChI=1S/C7H9N2O.C7H7.2C2H6.Y/c1-7(2,10)6-3-8-5-9-4-6;1-7-5-3-2-4-6-7;2*1-2;/h3-5,10H,1H2,2H3;3-6H,1H3;2*1-2H3;/q2*-1;;;. The maximum atomic E-state index is 9.30. The minimum Gasteiger partial charge on any atom is -0.418 e. The molecule has 0 fully saturated rings. The maximum absolute atomic E-state index is 9.30. The summed E-state index contributed by atoms with van der Waals surface area (Å²) in [5.41, 5.74) is 0.829. The first-order valence-electron chi connectivity index (χ1n) is 7.26. The average molecular weight is 377 g/mol. The molecule has 2 rings (SSSR count). The second kappa shape index (κ2) is 16.7. The first-order chi connectivity index (χ1) is 10.00. The van der Waals surface area contributed by atoms with Gasteiger partial charge in [-0.2, -0.15) is 35.9 Å². The number of benzene rings is 1. The van der Waals surface area contributed by atoms with E-state index in [-0.39, 0.29) is 32.7 Å². The number of hydrogen-bond donors (Lipinski definition) is 1. The molecule has 0 aliphatic heterocycles. The van der Waals surface area contributed by atoms with Gasteiger partial charge in [0.2, 0.25) is 0 Å². The van der Waals surface area contributed by atoms with Crippen LogP contribution < -0.4 is 0 Å². The van der Waals surface area contributed by atoms with Crippen molar-refractivity contribution in [2.75, 3.05) is 0 Å². The molecule has 1 heterocycles. The monoisotopic (exact) mass is 377 g/mol. The maximum Gasteiger partial charge on any atom is 0.115 e. The molecular formula is C18H28N2OY-2. The van der Waals surface area contributed by atoms with Crippen molar-refractivity contribution < 1.29 is 37.8 Å². The number of hydrogen-bond acceptors (Lipinski definition) is 3. The van der Waals surface area contributed by atoms with E-state index < -0.39 is 5.60 Å². The fourth-order valence-electron chi connectivity index (χ4n) is 1.05. The molecule has 1 aromatic heterocycles. The van der Waals surface area contributed by atoms with E-state index in [1.54, 1.807) is 19.3 Å². The molecule has 22 heavy (non-hydrogen) atoms. The molecule has 0 spiro atoms. The van der Waals surface area contributed by atoms with Crippen molar-refractivity contribution in [2.45, 2.75) is 47.1 Å². The quantitative estimate of drug-likeness (QED) is 0.751. The molecule has 121 valence electrons. The molecule has 0 bridgehead atoms. The van der Waals surface area contributed by atoms with Crippen molar-refractivity contribution >= 4 is 0 Å². The Labute approximate surface area is 161 Å². The van der Waals surface area contributed by atoms with E-state index in [1.807, 2.05) is 52.0 Å². The summed E-state index contributed by atoms with van der Waals surface area (Å²) in [6.45, 7) is 15.2. The summed E-state index contributed by atoms with van der Waals surface area (Å²) in [7, 11) is 0. The predicted molar refractivity (Wildman–Crippen MR) is 89.7 cm³/mol. The van der Waals surface area contributed by atoms with Crippen molar-refractivity contribution in [1.29, 1.82) is 0 Å². The van der Waals surface area contributed by atoms with Crippen LogP contribution in [-0.2, 0) is 38.3 Å². The molecule has 1 unspecified atom stereocenters. The van der Waals surface area contributed by atoms with Gasteiger partial charge in [-0.15, -0.1) is 0 Å². The topological polar surface area (TPSA) is 46.0 Å². The van der Waals surface area contributed by atoms with E-state index in [9.17, 15) is 5.11 Å². The van der Waals surface area contributed by atoms with Crippen LogP contribution in [0.2, 0.25) is 0 Å². The summed E-state index contributed by atoms with van der Waals surface area (Å²) in [6.07, 6.45) is 4.50. The molecule has 0 saturated carbocycles. The molecular weight excluding hydrogens is 349 g/mol. The number of rotatable bonds is 1. The molecule has 1 aromatic carbocycles. The molecule has 2 aromatic rings. The zero-order chi connectivity index (χ0) is 16.7. The smallest absolute Gasteiger partial charge is 0.115 e. The van der Waals surface area contributed by atoms with Gasteiger partial charge >= 0.3 is 0 Å². The fourth-order valence-corrected chi connectivity index (χ4v) is 1.05. The Kier molecular flexibility index (Phi) is 20.0. The molecule has 0 aliphatic rings. The van der Waals surface area contributed by atoms with E-state index in [0.717, 1.165) is 0 Å². The Bertz CT molecular complexity index is 428. The average Bonchev–Trinajstić information content (AvgIpc) is 2.53. The third-order valence-corrected chi connectivity index (χ3v) is 2.07. The van der Waals surface area contributed by atoms with Crippen LogP contribution in [0.15, 0.2) is 43.0 Å². The summed E-state index contributed by atoms with van der Waals surface area (Å²) >= 11 is 0. The van der Waals surface area contributed by atoms with Gasteiger partial charge in [-0.05, 0) is 11.2 Å². The second-order valence-corrected chi connectivity index (χ2v) is 3.98. The second-order valence-electron chi connectivity index (χ2n) is 3.98. The van der Waals surface area contributed by atoms with Gasteiger partial charge in [0.1, 0.15) is 6.33 Å². The van der Waals surface area contributed by atoms with Crippen LogP contribution in [0, 0.1) is 19.9 Å². The predicted octanol–water partition coefficient (Wildman–Crippen LogP) is 4.36. The van der Waals surface area contributed by atoms with Crippen molar-refractivity contribution in [3.63, 3.8) is 0 Å². The molecule has 3 nitrogen and oxygen atoms in total. The fraction of sp³-hybridized carbons (Fsp3) is 0.389. The third kappa shape index (κ3) is 14.3. The van der Waals surface area contributed by atoms with Crippen molar-refractivity contribution in [3.05, 3.63) is 67.1 Å². The third-order valence-electron chi connectivity index (χ3n) is 2.07. The van der Waals surface area contributed by atoms with Gasteiger partial charge in [0, 0.05) is 45.1 Å². The summed E-state index contributed by atoms with van der Waals surface area (Å²) in [5, 5.41) is 9.30. The van der Waals surface area contributed by atoms with E-state index in [1.165, 1.54) is 11.9 Å². The van der Waals surface area contributed by atoms with Gasteiger partial charge in [-0.25, -0.2) is 9.97 Å². The molecule has 0 aliphatic carbocycles. The van der Waals surface area contributed by atoms with Gasteiger partial charge < -0.3 is 12.0 Å². The van der Waals surface area contributed by atoms with Gasteiger partial charge in [-0.1, -0.05) is 41.5 Å². The Morgan fingerprint density at radius 2 is 1.45 bits per heavy atom. The van der Waals surface area contributed by atoms with Gasteiger partial charge in [-0.3, -0.25) is 0 Å². The van der Waals surface area contributed by atoms with E-state index in [4.69, 9.17) is 0 Å². The number of aryl methyl sites for hydroxylation is 1. The first kappa shape index (κ1) is 26.3. The summed E-state index contributed by atoms with van der Waals surface area (Å²) in [6, 6.07) is 10.8. The van der Waals surface area contributed by atoms with E-state index in [0.29, 0.717) is 5.56 Å². The van der Waals surface area contributed by atoms with Gasteiger partial charge in [0.05, 0.1) is 0 Å². The molecule has 0 saturated heterocycles. The van der Waals surface area contributed by atoms with Crippen molar-refractivity contribution in [3.8, 4) is 0 Å². The van der Waals surface area contributed by atoms with Crippen LogP contribution in [0.5, 0.6) is 0 Å². The van der Waals surface area contributed by atoms with Crippen LogP contribution in [-0.4, -0.2) is 15.1 Å². The van der Waals surface area contributed by atoms with Crippen molar-refractivity contribution in [1.82, 2.24) is 9.97 Å². The Morgan fingerprint density at radius 1 is 1.05 bits per heavy atom. The Morgan fingerprint density at radius 3 is 1.68 bits per heavy atom. The zero-order valence-corrected chi connectivity index (χ0v) is 17.5. The molecule has 4 heteroatoms. The zero-order valence-electron chi connectivity index (χ0n) is 14.7. The summed E-state index contributed by atoms with van der Waals surface area (Å²) in [5.74, 6) is 0. The number of aromatic nitrogens is 2. The van der Waals surface area contributed by atoms with E-state index >= 15 is 0 Å². The van der Waals surface area contributed by atoms with Crippen molar-refractivity contribution in [2.24, 2.45) is 0 Å². The van der Waals surface area contributed by atoms with Gasteiger partial charge in [0.25, 0.3) is 0 Å². The van der Waals surface area contributed by atoms with Crippen LogP contribution >= 0.6 is 0 Å². The van der Waals surface area contributed by atoms with E-state index in [2.05, 4.69) is 29.9 Å². The summed E-state index contributed by atoms with van der Waals surface area (Å²) in [4.78, 5) is 7.48. The Balaban J connectivity index is -0.000000266. The molecule has 0 amide bonds. The van der Waals surface area contributed by atoms with Crippen LogP contribution in [0.4, 0.5) is 0 Å². The first-order valence-corrected chi connectivity index (χ1v) is 7.26. The molecule has 1 N–H and O–H groups in total. The van der Waals surface area contributed by atoms with Crippen LogP contribution in [0.1, 0.15) is 45.7 Å². The SMILES string of the molecule is CC.CC.Cc1cc[c-]cc1.[CH2-]C(C)(O)c1cncnc1.[Y].